The molecule has 0 bridgehead atoms. The van der Waals surface area contributed by atoms with Gasteiger partial charge in [0.25, 0.3) is 0 Å². The number of hydrogen-bond acceptors (Lipinski definition) is 2. The van der Waals surface area contributed by atoms with Crippen molar-refractivity contribution >= 4 is 0 Å². The Bertz CT molecular complexity index is 397. The van der Waals surface area contributed by atoms with Crippen LogP contribution in [0.2, 0.25) is 0 Å². The summed E-state index contributed by atoms with van der Waals surface area (Å²) in [6, 6.07) is 7.18. The van der Waals surface area contributed by atoms with Crippen LogP contribution in [-0.2, 0) is 10.2 Å². The number of benzene rings is 1. The molecule has 0 atom stereocenters. The molecule has 1 aromatic carbocycles. The fraction of sp³-hybridized carbons (Fsp3) is 0.571. The molecule has 0 aliphatic carbocycles. The molecule has 0 saturated carbocycles. The van der Waals surface area contributed by atoms with E-state index >= 15 is 0 Å². The van der Waals surface area contributed by atoms with Crippen molar-refractivity contribution in [1.29, 1.82) is 0 Å². The molecule has 2 aliphatic heterocycles. The maximum absolute atomic E-state index is 14.0. The largest absolute Gasteiger partial charge is 0.379 e. The van der Waals surface area contributed by atoms with Crippen LogP contribution in [0.3, 0.4) is 0 Å². The average Bonchev–Trinajstić information content (AvgIpc) is 2.32. The van der Waals surface area contributed by atoms with Gasteiger partial charge in [0.15, 0.2) is 0 Å². The molecule has 0 radical (unpaired) electrons. The van der Waals surface area contributed by atoms with E-state index in [9.17, 15) is 4.39 Å². The van der Waals surface area contributed by atoms with Crippen molar-refractivity contribution in [3.63, 3.8) is 0 Å². The molecule has 3 rings (SSSR count). The van der Waals surface area contributed by atoms with Crippen LogP contribution in [0, 0.1) is 11.7 Å². The van der Waals surface area contributed by atoms with Crippen LogP contribution in [0.4, 0.5) is 4.39 Å². The van der Waals surface area contributed by atoms with Crippen molar-refractivity contribution in [2.24, 2.45) is 5.92 Å². The van der Waals surface area contributed by atoms with Crippen LogP contribution in [0.1, 0.15) is 18.4 Å². The predicted octanol–water partition coefficient (Wildman–Crippen LogP) is 2.09. The third-order valence-corrected chi connectivity index (χ3v) is 4.25. The minimum absolute atomic E-state index is 0.0621. The van der Waals surface area contributed by atoms with Gasteiger partial charge in [0.05, 0.1) is 13.2 Å². The third kappa shape index (κ3) is 1.78. The summed E-state index contributed by atoms with van der Waals surface area (Å²) in [6.07, 6.45) is 2.25. The molecule has 17 heavy (non-hydrogen) atoms. The second kappa shape index (κ2) is 4.39. The summed E-state index contributed by atoms with van der Waals surface area (Å²) in [5.41, 5.74) is 0.797. The van der Waals surface area contributed by atoms with Gasteiger partial charge in [0, 0.05) is 5.41 Å². The summed E-state index contributed by atoms with van der Waals surface area (Å²) in [6.45, 7) is 3.44. The van der Waals surface area contributed by atoms with Gasteiger partial charge in [0.1, 0.15) is 5.82 Å². The maximum Gasteiger partial charge on any atom is 0.127 e. The van der Waals surface area contributed by atoms with E-state index in [0.29, 0.717) is 19.1 Å². The summed E-state index contributed by atoms with van der Waals surface area (Å²) in [4.78, 5) is 0. The third-order valence-electron chi connectivity index (χ3n) is 4.25. The van der Waals surface area contributed by atoms with Crippen molar-refractivity contribution < 1.29 is 9.13 Å². The van der Waals surface area contributed by atoms with Gasteiger partial charge in [-0.1, -0.05) is 18.2 Å². The van der Waals surface area contributed by atoms with Crippen LogP contribution in [0.5, 0.6) is 0 Å². The lowest BCUT2D eigenvalue weighted by Crippen LogP contribution is -2.55. The number of ether oxygens (including phenoxy) is 1. The van der Waals surface area contributed by atoms with E-state index in [0.717, 1.165) is 31.5 Å². The average molecular weight is 235 g/mol. The van der Waals surface area contributed by atoms with Gasteiger partial charge in [0.2, 0.25) is 0 Å². The lowest BCUT2D eigenvalue weighted by atomic mass is 9.65. The molecular weight excluding hydrogens is 217 g/mol. The second-order valence-electron chi connectivity index (χ2n) is 5.15. The Morgan fingerprint density at radius 2 is 1.88 bits per heavy atom. The van der Waals surface area contributed by atoms with Crippen LogP contribution >= 0.6 is 0 Å². The summed E-state index contributed by atoms with van der Waals surface area (Å²) in [5, 5.41) is 3.37. The number of piperidine rings is 1. The quantitative estimate of drug-likeness (QED) is 0.847. The van der Waals surface area contributed by atoms with Gasteiger partial charge < -0.3 is 10.1 Å². The van der Waals surface area contributed by atoms with Gasteiger partial charge in [-0.2, -0.15) is 0 Å². The fourth-order valence-corrected chi connectivity index (χ4v) is 3.17. The molecule has 92 valence electrons. The van der Waals surface area contributed by atoms with E-state index in [1.54, 1.807) is 12.1 Å². The second-order valence-corrected chi connectivity index (χ2v) is 5.15. The molecule has 3 heteroatoms. The topological polar surface area (TPSA) is 21.3 Å². The molecule has 2 heterocycles. The van der Waals surface area contributed by atoms with E-state index in [1.165, 1.54) is 0 Å². The highest BCUT2D eigenvalue weighted by molar-refractivity contribution is 5.31. The lowest BCUT2D eigenvalue weighted by molar-refractivity contribution is -0.0979. The highest BCUT2D eigenvalue weighted by Gasteiger charge is 2.48. The Balaban J connectivity index is 1.93. The monoisotopic (exact) mass is 235 g/mol. The summed E-state index contributed by atoms with van der Waals surface area (Å²) < 4.78 is 19.4. The Morgan fingerprint density at radius 3 is 2.47 bits per heavy atom. The van der Waals surface area contributed by atoms with Crippen molar-refractivity contribution in [3.8, 4) is 0 Å². The minimum atomic E-state index is -0.0747. The van der Waals surface area contributed by atoms with Crippen molar-refractivity contribution in [1.82, 2.24) is 5.32 Å². The van der Waals surface area contributed by atoms with Crippen LogP contribution < -0.4 is 5.32 Å². The van der Waals surface area contributed by atoms with E-state index in [4.69, 9.17) is 4.74 Å². The Labute approximate surface area is 101 Å². The maximum atomic E-state index is 14.0. The minimum Gasteiger partial charge on any atom is -0.379 e. The van der Waals surface area contributed by atoms with Crippen LogP contribution in [-0.4, -0.2) is 26.3 Å². The first-order valence-corrected chi connectivity index (χ1v) is 6.36. The summed E-state index contributed by atoms with van der Waals surface area (Å²) in [5.74, 6) is 0.476. The SMILES string of the molecule is Fc1ccccc1C1(C2CCNCC2)COC1. The summed E-state index contributed by atoms with van der Waals surface area (Å²) in [7, 11) is 0. The molecule has 2 nitrogen and oxygen atoms in total. The van der Waals surface area contributed by atoms with Crippen LogP contribution in [0.25, 0.3) is 0 Å². The van der Waals surface area contributed by atoms with Crippen molar-refractivity contribution in [3.05, 3.63) is 35.6 Å². The van der Waals surface area contributed by atoms with Gasteiger partial charge in [-0.15, -0.1) is 0 Å². The number of nitrogens with one attached hydrogen (secondary N) is 1. The Hall–Kier alpha value is -0.930. The first-order chi connectivity index (χ1) is 8.33. The zero-order valence-corrected chi connectivity index (χ0v) is 9.92. The molecule has 1 aromatic rings. The molecule has 2 saturated heterocycles. The molecule has 2 fully saturated rings. The zero-order valence-electron chi connectivity index (χ0n) is 9.92. The molecule has 0 spiro atoms. The molecule has 1 N–H and O–H groups in total. The van der Waals surface area contributed by atoms with E-state index in [2.05, 4.69) is 5.32 Å². The van der Waals surface area contributed by atoms with Gasteiger partial charge >= 0.3 is 0 Å². The molecule has 2 aliphatic rings. The highest BCUT2D eigenvalue weighted by atomic mass is 19.1. The molecular formula is C14H18FNO. The smallest absolute Gasteiger partial charge is 0.127 e. The zero-order chi connectivity index (χ0) is 11.7. The van der Waals surface area contributed by atoms with E-state index in [-0.39, 0.29) is 11.2 Å². The predicted molar refractivity (Wildman–Crippen MR) is 64.5 cm³/mol. The van der Waals surface area contributed by atoms with Gasteiger partial charge in [-0.3, -0.25) is 0 Å². The Morgan fingerprint density at radius 1 is 1.18 bits per heavy atom. The first kappa shape index (κ1) is 11.2. The van der Waals surface area contributed by atoms with Crippen LogP contribution in [0.15, 0.2) is 24.3 Å². The highest BCUT2D eigenvalue weighted by Crippen LogP contribution is 2.44. The summed E-state index contributed by atoms with van der Waals surface area (Å²) >= 11 is 0. The molecule has 0 unspecified atom stereocenters. The number of halogens is 1. The fourth-order valence-electron chi connectivity index (χ4n) is 3.17. The number of rotatable bonds is 2. The van der Waals surface area contributed by atoms with Gasteiger partial charge in [-0.25, -0.2) is 4.39 Å². The van der Waals surface area contributed by atoms with E-state index < -0.39 is 0 Å². The lowest BCUT2D eigenvalue weighted by Gasteiger charge is -2.49. The molecule has 0 aromatic heterocycles. The first-order valence-electron chi connectivity index (χ1n) is 6.36. The number of hydrogen-bond donors (Lipinski definition) is 1. The molecule has 0 amide bonds. The Kier molecular flexibility index (Phi) is 2.89. The normalized spacial score (nSPS) is 24.3. The van der Waals surface area contributed by atoms with Crippen molar-refractivity contribution in [2.45, 2.75) is 18.3 Å². The van der Waals surface area contributed by atoms with Gasteiger partial charge in [-0.05, 0) is 43.5 Å². The van der Waals surface area contributed by atoms with Crippen molar-refractivity contribution in [2.75, 3.05) is 26.3 Å². The van der Waals surface area contributed by atoms with E-state index in [1.807, 2.05) is 12.1 Å². The standard InChI is InChI=1S/C14H18FNO/c15-13-4-2-1-3-12(13)14(9-17-10-14)11-5-7-16-8-6-11/h1-4,11,16H,5-10H2.